The first kappa shape index (κ1) is 13.5. The van der Waals surface area contributed by atoms with Gasteiger partial charge in [0.2, 0.25) is 0 Å². The van der Waals surface area contributed by atoms with Crippen molar-refractivity contribution in [3.63, 3.8) is 0 Å². The van der Waals surface area contributed by atoms with Crippen LogP contribution in [0.1, 0.15) is 35.3 Å². The van der Waals surface area contributed by atoms with Crippen LogP contribution in [0.5, 0.6) is 5.75 Å². The number of hydrogen-bond acceptors (Lipinski definition) is 3. The van der Waals surface area contributed by atoms with Crippen LogP contribution in [0.4, 0.5) is 5.69 Å². The van der Waals surface area contributed by atoms with Gasteiger partial charge >= 0.3 is 0 Å². The third-order valence-corrected chi connectivity index (χ3v) is 3.43. The van der Waals surface area contributed by atoms with Gasteiger partial charge in [-0.2, -0.15) is 5.10 Å². The van der Waals surface area contributed by atoms with Gasteiger partial charge in [-0.25, -0.2) is 0 Å². The molecule has 4 nitrogen and oxygen atoms in total. The van der Waals surface area contributed by atoms with E-state index in [2.05, 4.69) is 17.3 Å². The molecule has 0 amide bonds. The number of aromatic nitrogens is 2. The van der Waals surface area contributed by atoms with E-state index in [1.807, 2.05) is 44.8 Å². The minimum absolute atomic E-state index is 0.177. The lowest BCUT2D eigenvalue weighted by atomic mass is 10.1. The van der Waals surface area contributed by atoms with Crippen LogP contribution < -0.4 is 5.32 Å². The van der Waals surface area contributed by atoms with Gasteiger partial charge in [-0.1, -0.05) is 0 Å². The highest BCUT2D eigenvalue weighted by Gasteiger charge is 2.13. The van der Waals surface area contributed by atoms with Crippen molar-refractivity contribution >= 4 is 5.69 Å². The molecule has 0 aliphatic heterocycles. The zero-order chi connectivity index (χ0) is 14.2. The highest BCUT2D eigenvalue weighted by molar-refractivity contribution is 5.57. The fourth-order valence-corrected chi connectivity index (χ4v) is 2.31. The second-order valence-corrected chi connectivity index (χ2v) is 5.16. The van der Waals surface area contributed by atoms with E-state index < -0.39 is 0 Å². The van der Waals surface area contributed by atoms with E-state index in [1.165, 1.54) is 5.56 Å². The molecule has 0 saturated heterocycles. The molecule has 19 heavy (non-hydrogen) atoms. The molecule has 0 spiro atoms. The Labute approximate surface area is 114 Å². The summed E-state index contributed by atoms with van der Waals surface area (Å²) >= 11 is 0. The number of aryl methyl sites for hydroxylation is 4. The molecule has 0 bridgehead atoms. The molecule has 0 saturated carbocycles. The van der Waals surface area contributed by atoms with Crippen molar-refractivity contribution in [2.75, 3.05) is 5.32 Å². The summed E-state index contributed by atoms with van der Waals surface area (Å²) in [4.78, 5) is 0. The molecule has 0 aliphatic carbocycles. The monoisotopic (exact) mass is 259 g/mol. The van der Waals surface area contributed by atoms with Crippen molar-refractivity contribution in [3.8, 4) is 5.75 Å². The normalized spacial score (nSPS) is 12.5. The summed E-state index contributed by atoms with van der Waals surface area (Å²) in [6.45, 7) is 8.03. The number of hydrogen-bond donors (Lipinski definition) is 2. The van der Waals surface area contributed by atoms with Crippen molar-refractivity contribution in [1.29, 1.82) is 0 Å². The lowest BCUT2D eigenvalue weighted by Gasteiger charge is -2.17. The number of anilines is 1. The SMILES string of the molecule is Cc1cc(NC(C)c2cn(C)nc2C)c(C)cc1O. The molecule has 1 atom stereocenters. The molecular formula is C15H21N3O. The van der Waals surface area contributed by atoms with Crippen LogP contribution in [0.3, 0.4) is 0 Å². The molecule has 4 heteroatoms. The van der Waals surface area contributed by atoms with Crippen LogP contribution in [0.25, 0.3) is 0 Å². The fourth-order valence-electron chi connectivity index (χ4n) is 2.31. The van der Waals surface area contributed by atoms with Crippen LogP contribution in [0, 0.1) is 20.8 Å². The predicted octanol–water partition coefficient (Wildman–Crippen LogP) is 3.22. The highest BCUT2D eigenvalue weighted by atomic mass is 16.3. The number of nitrogens with zero attached hydrogens (tertiary/aromatic N) is 2. The van der Waals surface area contributed by atoms with E-state index >= 15 is 0 Å². The second-order valence-electron chi connectivity index (χ2n) is 5.16. The van der Waals surface area contributed by atoms with E-state index in [0.717, 1.165) is 22.5 Å². The average Bonchev–Trinajstić information content (AvgIpc) is 2.65. The summed E-state index contributed by atoms with van der Waals surface area (Å²) < 4.78 is 1.83. The molecule has 2 N–H and O–H groups in total. The molecule has 1 unspecified atom stereocenters. The Morgan fingerprint density at radius 1 is 1.21 bits per heavy atom. The van der Waals surface area contributed by atoms with E-state index in [9.17, 15) is 5.11 Å². The third kappa shape index (κ3) is 2.72. The summed E-state index contributed by atoms with van der Waals surface area (Å²) in [5.74, 6) is 0.341. The van der Waals surface area contributed by atoms with Crippen molar-refractivity contribution in [2.45, 2.75) is 33.7 Å². The van der Waals surface area contributed by atoms with Crippen molar-refractivity contribution in [3.05, 3.63) is 40.7 Å². The number of nitrogens with one attached hydrogen (secondary N) is 1. The molecule has 1 aromatic heterocycles. The number of aromatic hydroxyl groups is 1. The number of phenols is 1. The Balaban J connectivity index is 2.26. The van der Waals surface area contributed by atoms with E-state index in [4.69, 9.17) is 0 Å². The van der Waals surface area contributed by atoms with Gasteiger partial charge in [0.05, 0.1) is 11.7 Å². The van der Waals surface area contributed by atoms with Crippen LogP contribution in [-0.2, 0) is 7.05 Å². The Kier molecular flexibility index (Phi) is 3.51. The molecule has 0 radical (unpaired) electrons. The van der Waals surface area contributed by atoms with Crippen LogP contribution in [0.15, 0.2) is 18.3 Å². The smallest absolute Gasteiger partial charge is 0.118 e. The van der Waals surface area contributed by atoms with Gasteiger partial charge in [0.25, 0.3) is 0 Å². The maximum Gasteiger partial charge on any atom is 0.118 e. The quantitative estimate of drug-likeness (QED) is 0.832. The zero-order valence-electron chi connectivity index (χ0n) is 12.2. The molecular weight excluding hydrogens is 238 g/mol. The molecule has 0 fully saturated rings. The predicted molar refractivity (Wildman–Crippen MR) is 77.6 cm³/mol. The van der Waals surface area contributed by atoms with Crippen LogP contribution in [0.2, 0.25) is 0 Å². The molecule has 2 rings (SSSR count). The van der Waals surface area contributed by atoms with Gasteiger partial charge in [-0.3, -0.25) is 4.68 Å². The number of benzene rings is 1. The fraction of sp³-hybridized carbons (Fsp3) is 0.400. The summed E-state index contributed by atoms with van der Waals surface area (Å²) in [5, 5.41) is 17.5. The summed E-state index contributed by atoms with van der Waals surface area (Å²) in [5.41, 5.74) is 5.19. The van der Waals surface area contributed by atoms with Gasteiger partial charge in [-0.05, 0) is 51.0 Å². The topological polar surface area (TPSA) is 50.1 Å². The zero-order valence-corrected chi connectivity index (χ0v) is 12.2. The maximum absolute atomic E-state index is 9.68. The van der Waals surface area contributed by atoms with Gasteiger partial charge in [0, 0.05) is 24.5 Å². The highest BCUT2D eigenvalue weighted by Crippen LogP contribution is 2.28. The number of phenolic OH excluding ortho intramolecular Hbond substituents is 1. The molecule has 0 aliphatic rings. The molecule has 2 aromatic rings. The minimum Gasteiger partial charge on any atom is -0.508 e. The van der Waals surface area contributed by atoms with Gasteiger partial charge in [-0.15, -0.1) is 0 Å². The summed E-state index contributed by atoms with van der Waals surface area (Å²) in [6.07, 6.45) is 2.04. The lowest BCUT2D eigenvalue weighted by molar-refractivity contribution is 0.470. The largest absolute Gasteiger partial charge is 0.508 e. The first-order valence-electron chi connectivity index (χ1n) is 6.45. The minimum atomic E-state index is 0.177. The summed E-state index contributed by atoms with van der Waals surface area (Å²) in [7, 11) is 1.93. The lowest BCUT2D eigenvalue weighted by Crippen LogP contribution is -2.08. The Morgan fingerprint density at radius 3 is 2.47 bits per heavy atom. The molecule has 1 aromatic carbocycles. The molecule has 1 heterocycles. The van der Waals surface area contributed by atoms with E-state index in [1.54, 1.807) is 6.07 Å². The number of rotatable bonds is 3. The average molecular weight is 259 g/mol. The van der Waals surface area contributed by atoms with Crippen molar-refractivity contribution < 1.29 is 5.11 Å². The first-order chi connectivity index (χ1) is 8.88. The summed E-state index contributed by atoms with van der Waals surface area (Å²) in [6, 6.07) is 3.95. The Morgan fingerprint density at radius 2 is 1.89 bits per heavy atom. The maximum atomic E-state index is 9.68. The molecule has 102 valence electrons. The second kappa shape index (κ2) is 4.96. The van der Waals surface area contributed by atoms with Crippen LogP contribution >= 0.6 is 0 Å². The van der Waals surface area contributed by atoms with Gasteiger partial charge in [0.1, 0.15) is 5.75 Å². The third-order valence-electron chi connectivity index (χ3n) is 3.43. The van der Waals surface area contributed by atoms with Gasteiger partial charge in [0.15, 0.2) is 0 Å². The Bertz CT molecular complexity index is 602. The van der Waals surface area contributed by atoms with Crippen molar-refractivity contribution in [1.82, 2.24) is 9.78 Å². The van der Waals surface area contributed by atoms with Crippen LogP contribution in [-0.4, -0.2) is 14.9 Å². The first-order valence-corrected chi connectivity index (χ1v) is 6.45. The Hall–Kier alpha value is -1.97. The van der Waals surface area contributed by atoms with E-state index in [0.29, 0.717) is 5.75 Å². The standard InChI is InChI=1S/C15H21N3O/c1-9-7-15(19)10(2)6-14(9)16-11(3)13-8-18(5)17-12(13)4/h6-8,11,16,19H,1-5H3. The van der Waals surface area contributed by atoms with Crippen molar-refractivity contribution in [2.24, 2.45) is 7.05 Å². The van der Waals surface area contributed by atoms with E-state index in [-0.39, 0.29) is 6.04 Å². The van der Waals surface area contributed by atoms with Gasteiger partial charge < -0.3 is 10.4 Å².